The number of ether oxygens (including phenoxy) is 2. The normalized spacial score (nSPS) is 29.4. The van der Waals surface area contributed by atoms with E-state index in [1.807, 2.05) is 24.3 Å². The smallest absolute Gasteiger partial charge is 0.119 e. The average molecular weight is 296 g/mol. The number of piperidine rings is 1. The summed E-state index contributed by atoms with van der Waals surface area (Å²) in [5.74, 6) is 1.77. The van der Waals surface area contributed by atoms with Crippen LogP contribution in [0.1, 0.15) is 25.7 Å². The van der Waals surface area contributed by atoms with Crippen molar-refractivity contribution in [2.45, 2.75) is 43.1 Å². The molecule has 2 aliphatic heterocycles. The lowest BCUT2D eigenvalue weighted by Crippen LogP contribution is -2.45. The molecule has 2 aliphatic rings. The lowest BCUT2D eigenvalue weighted by atomic mass is 10.0. The van der Waals surface area contributed by atoms with Gasteiger partial charge in [0.1, 0.15) is 18.1 Å². The molecule has 20 heavy (non-hydrogen) atoms. The van der Waals surface area contributed by atoms with Crippen LogP contribution in [0.3, 0.4) is 0 Å². The molecule has 0 aliphatic carbocycles. The minimum absolute atomic E-state index is 0.381. The van der Waals surface area contributed by atoms with Gasteiger partial charge in [-0.15, -0.1) is 11.6 Å². The highest BCUT2D eigenvalue weighted by molar-refractivity contribution is 6.20. The zero-order chi connectivity index (χ0) is 13.9. The van der Waals surface area contributed by atoms with Crippen LogP contribution in [0.25, 0.3) is 0 Å². The first-order valence-corrected chi connectivity index (χ1v) is 7.86. The Morgan fingerprint density at radius 2 is 1.70 bits per heavy atom. The summed E-state index contributed by atoms with van der Waals surface area (Å²) in [6, 6.07) is 9.12. The van der Waals surface area contributed by atoms with Gasteiger partial charge in [-0.3, -0.25) is 4.90 Å². The van der Waals surface area contributed by atoms with Gasteiger partial charge in [0, 0.05) is 24.0 Å². The Bertz CT molecular complexity index is 423. The number of benzene rings is 1. The van der Waals surface area contributed by atoms with E-state index in [1.54, 1.807) is 7.11 Å². The van der Waals surface area contributed by atoms with Gasteiger partial charge in [0.2, 0.25) is 0 Å². The SMILES string of the molecule is COc1ccc(OCCN2C3CCC2CC(Cl)C3)cc1. The Morgan fingerprint density at radius 1 is 1.10 bits per heavy atom. The maximum atomic E-state index is 6.30. The Kier molecular flexibility index (Phi) is 4.37. The Hall–Kier alpha value is -0.930. The molecule has 0 radical (unpaired) electrons. The largest absolute Gasteiger partial charge is 0.497 e. The second-order valence-electron chi connectivity index (χ2n) is 5.72. The lowest BCUT2D eigenvalue weighted by molar-refractivity contribution is 0.118. The maximum absolute atomic E-state index is 6.30. The molecule has 1 aromatic rings. The zero-order valence-corrected chi connectivity index (χ0v) is 12.7. The maximum Gasteiger partial charge on any atom is 0.119 e. The van der Waals surface area contributed by atoms with Gasteiger partial charge in [-0.1, -0.05) is 0 Å². The number of methoxy groups -OCH3 is 1. The minimum atomic E-state index is 0.381. The van der Waals surface area contributed by atoms with E-state index >= 15 is 0 Å². The summed E-state index contributed by atoms with van der Waals surface area (Å²) in [7, 11) is 1.67. The molecular weight excluding hydrogens is 274 g/mol. The third-order valence-electron chi connectivity index (χ3n) is 4.50. The van der Waals surface area contributed by atoms with E-state index in [-0.39, 0.29) is 0 Å². The molecule has 0 N–H and O–H groups in total. The number of alkyl halides is 1. The first-order valence-electron chi connectivity index (χ1n) is 7.43. The van der Waals surface area contributed by atoms with Gasteiger partial charge in [0.25, 0.3) is 0 Å². The van der Waals surface area contributed by atoms with E-state index in [4.69, 9.17) is 21.1 Å². The van der Waals surface area contributed by atoms with Crippen molar-refractivity contribution >= 4 is 11.6 Å². The zero-order valence-electron chi connectivity index (χ0n) is 11.9. The van der Waals surface area contributed by atoms with Gasteiger partial charge < -0.3 is 9.47 Å². The number of nitrogens with zero attached hydrogens (tertiary/aromatic N) is 1. The molecule has 2 bridgehead atoms. The van der Waals surface area contributed by atoms with Crippen LogP contribution < -0.4 is 9.47 Å². The summed E-state index contributed by atoms with van der Waals surface area (Å²) in [5, 5.41) is 0.381. The molecule has 2 saturated heterocycles. The standard InChI is InChI=1S/C16H22ClNO2/c1-19-15-4-6-16(7-5-15)20-9-8-18-13-2-3-14(18)11-12(17)10-13/h4-7,12-14H,2-3,8-11H2,1H3. The van der Waals surface area contributed by atoms with Crippen molar-refractivity contribution < 1.29 is 9.47 Å². The van der Waals surface area contributed by atoms with Gasteiger partial charge in [-0.2, -0.15) is 0 Å². The first kappa shape index (κ1) is 14.0. The Morgan fingerprint density at radius 3 is 2.30 bits per heavy atom. The molecule has 3 nitrogen and oxygen atoms in total. The quantitative estimate of drug-likeness (QED) is 0.778. The summed E-state index contributed by atoms with van der Waals surface area (Å²) in [6.07, 6.45) is 4.88. The van der Waals surface area contributed by atoms with Gasteiger partial charge in [-0.05, 0) is 49.9 Å². The van der Waals surface area contributed by atoms with Crippen molar-refractivity contribution in [1.29, 1.82) is 0 Å². The van der Waals surface area contributed by atoms with E-state index < -0.39 is 0 Å². The third-order valence-corrected chi connectivity index (χ3v) is 4.86. The van der Waals surface area contributed by atoms with Crippen LogP contribution in [0, 0.1) is 0 Å². The molecule has 3 rings (SSSR count). The van der Waals surface area contributed by atoms with E-state index in [1.165, 1.54) is 12.8 Å². The molecule has 0 spiro atoms. The molecular formula is C16H22ClNO2. The van der Waals surface area contributed by atoms with Crippen LogP contribution in [-0.2, 0) is 0 Å². The van der Waals surface area contributed by atoms with Crippen LogP contribution in [0.2, 0.25) is 0 Å². The highest BCUT2D eigenvalue weighted by atomic mass is 35.5. The summed E-state index contributed by atoms with van der Waals surface area (Å²) in [5.41, 5.74) is 0. The number of hydrogen-bond donors (Lipinski definition) is 0. The van der Waals surface area contributed by atoms with Crippen molar-refractivity contribution in [3.05, 3.63) is 24.3 Å². The predicted molar refractivity (Wildman–Crippen MR) is 80.9 cm³/mol. The predicted octanol–water partition coefficient (Wildman–Crippen LogP) is 3.31. The van der Waals surface area contributed by atoms with Gasteiger partial charge >= 0.3 is 0 Å². The summed E-state index contributed by atoms with van der Waals surface area (Å²) < 4.78 is 11.0. The Balaban J connectivity index is 1.48. The first-order chi connectivity index (χ1) is 9.76. The fraction of sp³-hybridized carbons (Fsp3) is 0.625. The van der Waals surface area contributed by atoms with Crippen molar-refractivity contribution in [1.82, 2.24) is 4.90 Å². The average Bonchev–Trinajstić information content (AvgIpc) is 2.70. The fourth-order valence-electron chi connectivity index (χ4n) is 3.51. The van der Waals surface area contributed by atoms with Crippen molar-refractivity contribution in [3.8, 4) is 11.5 Å². The molecule has 4 heteroatoms. The lowest BCUT2D eigenvalue weighted by Gasteiger charge is -2.36. The van der Waals surface area contributed by atoms with E-state index in [9.17, 15) is 0 Å². The summed E-state index contributed by atoms with van der Waals surface area (Å²) in [4.78, 5) is 2.60. The van der Waals surface area contributed by atoms with Crippen LogP contribution in [-0.4, -0.2) is 42.6 Å². The van der Waals surface area contributed by atoms with Crippen molar-refractivity contribution in [2.75, 3.05) is 20.3 Å². The van der Waals surface area contributed by atoms with E-state index in [0.29, 0.717) is 17.5 Å². The number of rotatable bonds is 5. The second kappa shape index (κ2) is 6.23. The topological polar surface area (TPSA) is 21.7 Å². The molecule has 2 unspecified atom stereocenters. The van der Waals surface area contributed by atoms with Crippen LogP contribution >= 0.6 is 11.6 Å². The van der Waals surface area contributed by atoms with Crippen molar-refractivity contribution in [3.63, 3.8) is 0 Å². The van der Waals surface area contributed by atoms with Gasteiger partial charge in [0.05, 0.1) is 7.11 Å². The van der Waals surface area contributed by atoms with Crippen LogP contribution in [0.4, 0.5) is 0 Å². The molecule has 2 fully saturated rings. The second-order valence-corrected chi connectivity index (χ2v) is 6.33. The van der Waals surface area contributed by atoms with Crippen LogP contribution in [0.15, 0.2) is 24.3 Å². The van der Waals surface area contributed by atoms with Gasteiger partial charge in [0.15, 0.2) is 0 Å². The number of fused-ring (bicyclic) bond motifs is 2. The highest BCUT2D eigenvalue weighted by Gasteiger charge is 2.39. The third kappa shape index (κ3) is 3.04. The van der Waals surface area contributed by atoms with E-state index in [0.717, 1.165) is 37.5 Å². The molecule has 1 aromatic carbocycles. The molecule has 110 valence electrons. The number of hydrogen-bond acceptors (Lipinski definition) is 3. The molecule has 2 heterocycles. The molecule has 0 saturated carbocycles. The summed E-state index contributed by atoms with van der Waals surface area (Å²) >= 11 is 6.30. The minimum Gasteiger partial charge on any atom is -0.497 e. The van der Waals surface area contributed by atoms with E-state index in [2.05, 4.69) is 4.90 Å². The fourth-order valence-corrected chi connectivity index (χ4v) is 3.93. The number of halogens is 1. The van der Waals surface area contributed by atoms with Crippen LogP contribution in [0.5, 0.6) is 11.5 Å². The highest BCUT2D eigenvalue weighted by Crippen LogP contribution is 2.37. The van der Waals surface area contributed by atoms with Crippen molar-refractivity contribution in [2.24, 2.45) is 0 Å². The molecule has 0 amide bonds. The summed E-state index contributed by atoms with van der Waals surface area (Å²) in [6.45, 7) is 1.75. The Labute approximate surface area is 125 Å². The molecule has 0 aromatic heterocycles. The van der Waals surface area contributed by atoms with Gasteiger partial charge in [-0.25, -0.2) is 0 Å². The monoisotopic (exact) mass is 295 g/mol. The molecule has 2 atom stereocenters.